The van der Waals surface area contributed by atoms with E-state index in [0.29, 0.717) is 16.8 Å². The summed E-state index contributed by atoms with van der Waals surface area (Å²) >= 11 is 0. The van der Waals surface area contributed by atoms with Crippen molar-refractivity contribution in [1.82, 2.24) is 5.43 Å². The van der Waals surface area contributed by atoms with Gasteiger partial charge in [-0.15, -0.1) is 0 Å². The minimum Gasteiger partial charge on any atom is -0.507 e. The van der Waals surface area contributed by atoms with Gasteiger partial charge in [0.25, 0.3) is 15.9 Å². The molecule has 32 heavy (non-hydrogen) atoms. The molecule has 0 heterocycles. The summed E-state index contributed by atoms with van der Waals surface area (Å²) in [5.41, 5.74) is 3.53. The second-order valence-corrected chi connectivity index (χ2v) is 8.60. The van der Waals surface area contributed by atoms with Gasteiger partial charge < -0.3 is 5.11 Å². The number of carbonyl (C=O) groups excluding carboxylic acids is 1. The fourth-order valence-corrected chi connectivity index (χ4v) is 4.22. The smallest absolute Gasteiger partial charge is 0.271 e. The third-order valence-electron chi connectivity index (χ3n) is 4.76. The first-order valence-corrected chi connectivity index (χ1v) is 11.1. The molecule has 0 atom stereocenters. The van der Waals surface area contributed by atoms with Crippen molar-refractivity contribution < 1.29 is 18.3 Å². The molecule has 0 fully saturated rings. The number of phenolic OH excluding ortho intramolecular Hbond substituents is 1. The standard InChI is InChI=1S/C24H19N3O4S/c28-23-15-12-17-6-4-5-9-21(17)22(23)16-25-26-24(29)18-10-13-19(14-11-18)27-32(30,31)20-7-2-1-3-8-20/h1-16,27-28H,(H,26,29)/b25-16-. The molecule has 0 aliphatic carbocycles. The summed E-state index contributed by atoms with van der Waals surface area (Å²) < 4.78 is 27.2. The summed E-state index contributed by atoms with van der Waals surface area (Å²) in [5, 5.41) is 15.8. The number of rotatable bonds is 6. The van der Waals surface area contributed by atoms with E-state index in [0.717, 1.165) is 10.8 Å². The molecule has 0 aliphatic rings. The van der Waals surface area contributed by atoms with Crippen LogP contribution in [0.2, 0.25) is 0 Å². The predicted octanol–water partition coefficient (Wildman–Crippen LogP) is 4.11. The Bertz CT molecular complexity index is 1400. The molecule has 8 heteroatoms. The first kappa shape index (κ1) is 21.1. The minimum absolute atomic E-state index is 0.0525. The number of sulfonamides is 1. The van der Waals surface area contributed by atoms with E-state index in [9.17, 15) is 18.3 Å². The average molecular weight is 446 g/mol. The number of hydrogen-bond donors (Lipinski definition) is 3. The molecule has 1 amide bonds. The fraction of sp³-hybridized carbons (Fsp3) is 0. The van der Waals surface area contributed by atoms with E-state index in [2.05, 4.69) is 15.2 Å². The van der Waals surface area contributed by atoms with Crippen LogP contribution in [0.5, 0.6) is 5.75 Å². The molecular formula is C24H19N3O4S. The quantitative estimate of drug-likeness (QED) is 0.307. The van der Waals surface area contributed by atoms with Crippen molar-refractivity contribution >= 4 is 38.6 Å². The summed E-state index contributed by atoms with van der Waals surface area (Å²) in [7, 11) is -3.71. The van der Waals surface area contributed by atoms with E-state index >= 15 is 0 Å². The van der Waals surface area contributed by atoms with Crippen LogP contribution < -0.4 is 10.1 Å². The van der Waals surface area contributed by atoms with Gasteiger partial charge in [0.1, 0.15) is 5.75 Å². The van der Waals surface area contributed by atoms with E-state index in [-0.39, 0.29) is 10.6 Å². The van der Waals surface area contributed by atoms with Crippen LogP contribution in [0.15, 0.2) is 101 Å². The maximum Gasteiger partial charge on any atom is 0.271 e. The molecule has 0 spiro atoms. The summed E-state index contributed by atoms with van der Waals surface area (Å²) in [6.45, 7) is 0. The highest BCUT2D eigenvalue weighted by molar-refractivity contribution is 7.92. The molecule has 7 nitrogen and oxygen atoms in total. The van der Waals surface area contributed by atoms with Crippen molar-refractivity contribution in [2.75, 3.05) is 4.72 Å². The van der Waals surface area contributed by atoms with Gasteiger partial charge in [-0.25, -0.2) is 13.8 Å². The van der Waals surface area contributed by atoms with Crippen LogP contribution in [-0.2, 0) is 10.0 Å². The number of aromatic hydroxyl groups is 1. The topological polar surface area (TPSA) is 108 Å². The molecule has 4 aromatic rings. The van der Waals surface area contributed by atoms with Crippen LogP contribution in [0.1, 0.15) is 15.9 Å². The van der Waals surface area contributed by atoms with Gasteiger partial charge in [-0.2, -0.15) is 5.10 Å². The number of amides is 1. The lowest BCUT2D eigenvalue weighted by molar-refractivity contribution is 0.0955. The van der Waals surface area contributed by atoms with Gasteiger partial charge in [0.15, 0.2) is 0 Å². The second-order valence-electron chi connectivity index (χ2n) is 6.91. The van der Waals surface area contributed by atoms with Crippen molar-refractivity contribution in [3.05, 3.63) is 102 Å². The van der Waals surface area contributed by atoms with Crippen molar-refractivity contribution in [3.63, 3.8) is 0 Å². The Labute approximate surface area is 185 Å². The molecule has 0 saturated carbocycles. The largest absolute Gasteiger partial charge is 0.507 e. The number of fused-ring (bicyclic) bond motifs is 1. The molecule has 0 saturated heterocycles. The highest BCUT2D eigenvalue weighted by Crippen LogP contribution is 2.25. The second kappa shape index (κ2) is 8.91. The van der Waals surface area contributed by atoms with Crippen LogP contribution in [-0.4, -0.2) is 25.6 Å². The van der Waals surface area contributed by atoms with Gasteiger partial charge in [0.2, 0.25) is 0 Å². The maximum atomic E-state index is 12.4. The highest BCUT2D eigenvalue weighted by Gasteiger charge is 2.14. The number of nitrogens with one attached hydrogen (secondary N) is 2. The van der Waals surface area contributed by atoms with E-state index < -0.39 is 15.9 Å². The number of hydrazone groups is 1. The first-order valence-electron chi connectivity index (χ1n) is 9.66. The molecule has 3 N–H and O–H groups in total. The summed E-state index contributed by atoms with van der Waals surface area (Å²) in [6.07, 6.45) is 1.39. The lowest BCUT2D eigenvalue weighted by Gasteiger charge is -2.08. The summed E-state index contributed by atoms with van der Waals surface area (Å²) in [6, 6.07) is 24.9. The Morgan fingerprint density at radius 1 is 0.844 bits per heavy atom. The number of phenols is 1. The summed E-state index contributed by atoms with van der Waals surface area (Å²) in [4.78, 5) is 12.5. The number of carbonyl (C=O) groups is 1. The number of hydrogen-bond acceptors (Lipinski definition) is 5. The molecule has 0 bridgehead atoms. The van der Waals surface area contributed by atoms with Gasteiger partial charge >= 0.3 is 0 Å². The Balaban J connectivity index is 1.44. The van der Waals surface area contributed by atoms with Gasteiger partial charge in [0, 0.05) is 16.8 Å². The predicted molar refractivity (Wildman–Crippen MR) is 124 cm³/mol. The third-order valence-corrected chi connectivity index (χ3v) is 6.16. The number of benzene rings is 4. The van der Waals surface area contributed by atoms with Gasteiger partial charge in [-0.3, -0.25) is 9.52 Å². The van der Waals surface area contributed by atoms with Crippen molar-refractivity contribution in [2.24, 2.45) is 5.10 Å². The zero-order chi connectivity index (χ0) is 22.6. The van der Waals surface area contributed by atoms with Crippen molar-refractivity contribution in [1.29, 1.82) is 0 Å². The molecule has 4 aromatic carbocycles. The van der Waals surface area contributed by atoms with E-state index in [1.165, 1.54) is 42.6 Å². The molecule has 4 rings (SSSR count). The number of anilines is 1. The monoisotopic (exact) mass is 445 g/mol. The first-order chi connectivity index (χ1) is 15.4. The van der Waals surface area contributed by atoms with E-state index in [4.69, 9.17) is 0 Å². The summed E-state index contributed by atoms with van der Waals surface area (Å²) in [5.74, 6) is -0.421. The lowest BCUT2D eigenvalue weighted by Crippen LogP contribution is -2.18. The lowest BCUT2D eigenvalue weighted by atomic mass is 10.0. The van der Waals surface area contributed by atoms with Gasteiger partial charge in [0.05, 0.1) is 11.1 Å². The molecule has 160 valence electrons. The average Bonchev–Trinajstić information content (AvgIpc) is 2.81. The van der Waals surface area contributed by atoms with Crippen molar-refractivity contribution in [2.45, 2.75) is 4.90 Å². The molecule has 0 radical (unpaired) electrons. The Kier molecular flexibility index (Phi) is 5.87. The van der Waals surface area contributed by atoms with Gasteiger partial charge in [-0.1, -0.05) is 48.5 Å². The Morgan fingerprint density at radius 3 is 2.28 bits per heavy atom. The normalized spacial score (nSPS) is 11.5. The molecular weight excluding hydrogens is 426 g/mol. The van der Waals surface area contributed by atoms with Crippen LogP contribution >= 0.6 is 0 Å². The third kappa shape index (κ3) is 4.60. The van der Waals surface area contributed by atoms with E-state index in [1.54, 1.807) is 30.3 Å². The minimum atomic E-state index is -3.71. The molecule has 0 unspecified atom stereocenters. The molecule has 0 aromatic heterocycles. The Hall–Kier alpha value is -4.17. The zero-order valence-electron chi connectivity index (χ0n) is 16.8. The van der Waals surface area contributed by atoms with Crippen LogP contribution in [0.25, 0.3) is 10.8 Å². The zero-order valence-corrected chi connectivity index (χ0v) is 17.6. The van der Waals surface area contributed by atoms with Gasteiger partial charge in [-0.05, 0) is 53.2 Å². The van der Waals surface area contributed by atoms with Crippen molar-refractivity contribution in [3.8, 4) is 5.75 Å². The van der Waals surface area contributed by atoms with Crippen LogP contribution in [0, 0.1) is 0 Å². The highest BCUT2D eigenvalue weighted by atomic mass is 32.2. The Morgan fingerprint density at radius 2 is 1.53 bits per heavy atom. The van der Waals surface area contributed by atoms with Crippen LogP contribution in [0.3, 0.4) is 0 Å². The van der Waals surface area contributed by atoms with E-state index in [1.807, 2.05) is 24.3 Å². The molecule has 0 aliphatic heterocycles. The SMILES string of the molecule is O=C(N/N=C\c1c(O)ccc2ccccc12)c1ccc(NS(=O)(=O)c2ccccc2)cc1. The maximum absolute atomic E-state index is 12.4. The number of nitrogens with zero attached hydrogens (tertiary/aromatic N) is 1. The van der Waals surface area contributed by atoms with Crippen LogP contribution in [0.4, 0.5) is 5.69 Å². The fourth-order valence-electron chi connectivity index (χ4n) is 3.14.